The predicted molar refractivity (Wildman–Crippen MR) is 91.6 cm³/mol. The van der Waals surface area contributed by atoms with Crippen molar-refractivity contribution in [1.82, 2.24) is 4.57 Å². The zero-order valence-electron chi connectivity index (χ0n) is 12.3. The molecule has 0 aliphatic heterocycles. The molecule has 22 heavy (non-hydrogen) atoms. The summed E-state index contributed by atoms with van der Waals surface area (Å²) in [5.74, 6) is 0.978. The summed E-state index contributed by atoms with van der Waals surface area (Å²) in [6.45, 7) is 2.11. The molecule has 2 aromatic carbocycles. The van der Waals surface area contributed by atoms with Crippen molar-refractivity contribution < 1.29 is 9.84 Å². The Labute approximate surface area is 132 Å². The van der Waals surface area contributed by atoms with E-state index in [2.05, 4.69) is 24.4 Å². The Kier molecular flexibility index (Phi) is 2.87. The topological polar surface area (TPSA) is 34.4 Å². The molecule has 4 rings (SSSR count). The summed E-state index contributed by atoms with van der Waals surface area (Å²) in [6, 6.07) is 12.0. The number of aromatic hydroxyl groups is 1. The summed E-state index contributed by atoms with van der Waals surface area (Å²) >= 11 is 1.74. The minimum absolute atomic E-state index is 0.237. The van der Waals surface area contributed by atoms with Gasteiger partial charge in [-0.1, -0.05) is 0 Å². The van der Waals surface area contributed by atoms with Crippen molar-refractivity contribution in [2.45, 2.75) is 6.92 Å². The molecule has 0 fully saturated rings. The Morgan fingerprint density at radius 2 is 1.95 bits per heavy atom. The molecular formula is C18H15NO2S. The van der Waals surface area contributed by atoms with E-state index >= 15 is 0 Å². The highest BCUT2D eigenvalue weighted by Gasteiger charge is 2.11. The number of nitrogens with zero attached hydrogens (tertiary/aromatic N) is 1. The van der Waals surface area contributed by atoms with Crippen molar-refractivity contribution in [3.8, 4) is 17.3 Å². The van der Waals surface area contributed by atoms with E-state index in [1.54, 1.807) is 18.4 Å². The van der Waals surface area contributed by atoms with Gasteiger partial charge >= 0.3 is 0 Å². The van der Waals surface area contributed by atoms with Crippen LogP contribution < -0.4 is 4.74 Å². The first-order chi connectivity index (χ1) is 10.7. The van der Waals surface area contributed by atoms with E-state index in [-0.39, 0.29) is 5.88 Å². The van der Waals surface area contributed by atoms with Gasteiger partial charge in [-0.25, -0.2) is 0 Å². The largest absolute Gasteiger partial charge is 0.497 e. The van der Waals surface area contributed by atoms with Crippen LogP contribution in [-0.4, -0.2) is 16.8 Å². The minimum atomic E-state index is 0.237. The van der Waals surface area contributed by atoms with Gasteiger partial charge in [0.25, 0.3) is 0 Å². The standard InChI is InChI=1S/C18H15NO2S/c1-11-10-22-17-6-4-13(7-15(11)17)19-9-12-3-5-14(21-2)8-16(12)18(19)20/h3-10,20H,1-2H3. The van der Waals surface area contributed by atoms with E-state index in [4.69, 9.17) is 4.74 Å². The van der Waals surface area contributed by atoms with Crippen LogP contribution >= 0.6 is 11.3 Å². The van der Waals surface area contributed by atoms with E-state index in [0.29, 0.717) is 0 Å². The lowest BCUT2D eigenvalue weighted by atomic mass is 10.2. The summed E-state index contributed by atoms with van der Waals surface area (Å²) < 4.78 is 8.32. The van der Waals surface area contributed by atoms with Crippen molar-refractivity contribution in [2.75, 3.05) is 7.11 Å². The van der Waals surface area contributed by atoms with Crippen molar-refractivity contribution in [1.29, 1.82) is 0 Å². The van der Waals surface area contributed by atoms with Gasteiger partial charge in [-0.15, -0.1) is 11.3 Å². The Morgan fingerprint density at radius 3 is 2.77 bits per heavy atom. The third-order valence-electron chi connectivity index (χ3n) is 4.03. The molecular weight excluding hydrogens is 294 g/mol. The van der Waals surface area contributed by atoms with Crippen molar-refractivity contribution >= 4 is 32.2 Å². The molecule has 0 unspecified atom stereocenters. The lowest BCUT2D eigenvalue weighted by molar-refractivity contribution is 0.414. The molecule has 2 aromatic heterocycles. The summed E-state index contributed by atoms with van der Waals surface area (Å²) in [5.41, 5.74) is 2.22. The second-order valence-electron chi connectivity index (χ2n) is 5.38. The molecule has 0 saturated heterocycles. The van der Waals surface area contributed by atoms with Crippen LogP contribution in [0.25, 0.3) is 26.5 Å². The fourth-order valence-electron chi connectivity index (χ4n) is 2.79. The minimum Gasteiger partial charge on any atom is -0.497 e. The smallest absolute Gasteiger partial charge is 0.203 e. The quantitative estimate of drug-likeness (QED) is 0.573. The monoisotopic (exact) mass is 309 g/mol. The molecule has 0 atom stereocenters. The molecule has 3 nitrogen and oxygen atoms in total. The van der Waals surface area contributed by atoms with Crippen LogP contribution in [0.2, 0.25) is 0 Å². The van der Waals surface area contributed by atoms with Gasteiger partial charge in [0.05, 0.1) is 7.11 Å². The summed E-state index contributed by atoms with van der Waals surface area (Å²) in [7, 11) is 1.63. The number of hydrogen-bond donors (Lipinski definition) is 1. The molecule has 0 amide bonds. The SMILES string of the molecule is COc1ccc2cn(-c3ccc4scc(C)c4c3)c(O)c2c1. The molecule has 0 aliphatic carbocycles. The van der Waals surface area contributed by atoms with Gasteiger partial charge < -0.3 is 9.84 Å². The van der Waals surface area contributed by atoms with Gasteiger partial charge in [-0.3, -0.25) is 4.57 Å². The van der Waals surface area contributed by atoms with Crippen LogP contribution in [0.15, 0.2) is 48.0 Å². The van der Waals surface area contributed by atoms with E-state index in [1.165, 1.54) is 15.6 Å². The molecule has 4 heteroatoms. The van der Waals surface area contributed by atoms with Crippen LogP contribution in [0.1, 0.15) is 5.56 Å². The van der Waals surface area contributed by atoms with Crippen LogP contribution in [0, 0.1) is 6.92 Å². The van der Waals surface area contributed by atoms with E-state index in [0.717, 1.165) is 22.2 Å². The number of thiophene rings is 1. The molecule has 4 aromatic rings. The number of rotatable bonds is 2. The summed E-state index contributed by atoms with van der Waals surface area (Å²) in [6.07, 6.45) is 1.95. The molecule has 2 heterocycles. The third-order valence-corrected chi connectivity index (χ3v) is 5.11. The van der Waals surface area contributed by atoms with E-state index in [9.17, 15) is 5.11 Å². The van der Waals surface area contributed by atoms with Crippen LogP contribution in [0.5, 0.6) is 11.6 Å². The first-order valence-corrected chi connectivity index (χ1v) is 7.91. The summed E-state index contributed by atoms with van der Waals surface area (Å²) in [4.78, 5) is 0. The van der Waals surface area contributed by atoms with Crippen LogP contribution in [0.3, 0.4) is 0 Å². The van der Waals surface area contributed by atoms with Gasteiger partial charge in [0, 0.05) is 27.4 Å². The highest BCUT2D eigenvalue weighted by atomic mass is 32.1. The molecule has 110 valence electrons. The van der Waals surface area contributed by atoms with Gasteiger partial charge in [0.1, 0.15) is 5.75 Å². The number of ether oxygens (including phenoxy) is 1. The number of methoxy groups -OCH3 is 1. The zero-order chi connectivity index (χ0) is 15.3. The zero-order valence-corrected chi connectivity index (χ0v) is 13.1. The van der Waals surface area contributed by atoms with Gasteiger partial charge in [-0.2, -0.15) is 0 Å². The Balaban J connectivity index is 1.95. The first-order valence-electron chi connectivity index (χ1n) is 7.03. The molecule has 0 spiro atoms. The summed E-state index contributed by atoms with van der Waals surface area (Å²) in [5, 5.41) is 15.7. The first kappa shape index (κ1) is 13.2. The maximum absolute atomic E-state index is 10.6. The Morgan fingerprint density at radius 1 is 1.09 bits per heavy atom. The van der Waals surface area contributed by atoms with Crippen molar-refractivity contribution in [3.05, 3.63) is 53.5 Å². The molecule has 0 saturated carbocycles. The highest BCUT2D eigenvalue weighted by molar-refractivity contribution is 7.17. The van der Waals surface area contributed by atoms with E-state index in [1.807, 2.05) is 35.0 Å². The van der Waals surface area contributed by atoms with Crippen molar-refractivity contribution in [3.63, 3.8) is 0 Å². The number of aromatic nitrogens is 1. The third kappa shape index (κ3) is 1.88. The van der Waals surface area contributed by atoms with E-state index < -0.39 is 0 Å². The number of benzene rings is 2. The number of fused-ring (bicyclic) bond motifs is 2. The maximum atomic E-state index is 10.6. The van der Waals surface area contributed by atoms with Gasteiger partial charge in [-0.05, 0) is 59.7 Å². The average Bonchev–Trinajstić information content (AvgIpc) is 3.08. The van der Waals surface area contributed by atoms with Gasteiger partial charge in [0.2, 0.25) is 5.88 Å². The lowest BCUT2D eigenvalue weighted by Gasteiger charge is -2.05. The normalized spacial score (nSPS) is 11.4. The highest BCUT2D eigenvalue weighted by Crippen LogP contribution is 2.34. The molecule has 0 aliphatic rings. The maximum Gasteiger partial charge on any atom is 0.203 e. The van der Waals surface area contributed by atoms with Crippen LogP contribution in [0.4, 0.5) is 0 Å². The number of aryl methyl sites for hydroxylation is 1. The Hall–Kier alpha value is -2.46. The predicted octanol–water partition coefficient (Wildman–Crippen LogP) is 4.87. The second-order valence-corrected chi connectivity index (χ2v) is 6.29. The average molecular weight is 309 g/mol. The molecule has 0 radical (unpaired) electrons. The Bertz CT molecular complexity index is 997. The fourth-order valence-corrected chi connectivity index (χ4v) is 3.71. The molecule has 0 bridgehead atoms. The van der Waals surface area contributed by atoms with Crippen molar-refractivity contribution in [2.24, 2.45) is 0 Å². The number of hydrogen-bond acceptors (Lipinski definition) is 3. The molecule has 1 N–H and O–H groups in total. The second kappa shape index (κ2) is 4.78. The van der Waals surface area contributed by atoms with Gasteiger partial charge in [0.15, 0.2) is 0 Å². The fraction of sp³-hybridized carbons (Fsp3) is 0.111. The van der Waals surface area contributed by atoms with Crippen LogP contribution in [-0.2, 0) is 0 Å². The lowest BCUT2D eigenvalue weighted by Crippen LogP contribution is -1.90.